The van der Waals surface area contributed by atoms with Crippen LogP contribution in [0.2, 0.25) is 0 Å². The van der Waals surface area contributed by atoms with Gasteiger partial charge in [0.2, 0.25) is 15.9 Å². The molecule has 0 bridgehead atoms. The van der Waals surface area contributed by atoms with Gasteiger partial charge in [0.05, 0.1) is 41.2 Å². The maximum absolute atomic E-state index is 15.5. The molecule has 0 radical (unpaired) electrons. The van der Waals surface area contributed by atoms with Crippen molar-refractivity contribution in [1.82, 2.24) is 39.0 Å². The number of hydrogen-bond donors (Lipinski definition) is 3. The minimum Gasteiger partial charge on any atom is -0.495 e. The molecule has 0 unspecified atom stereocenters. The van der Waals surface area contributed by atoms with E-state index in [1.807, 2.05) is 16.9 Å². The second-order valence-electron chi connectivity index (χ2n) is 15.1. The number of aromatic nitrogens is 4. The molecular weight excluding hydrogens is 796 g/mol. The Morgan fingerprint density at radius 3 is 2.50 bits per heavy atom. The van der Waals surface area contributed by atoms with Crippen LogP contribution in [0.15, 0.2) is 76.8 Å². The number of piperazine rings is 1. The highest BCUT2D eigenvalue weighted by Gasteiger charge is 2.30. The molecule has 1 saturated carbocycles. The number of urea groups is 1. The zero-order valence-corrected chi connectivity index (χ0v) is 34.0. The van der Waals surface area contributed by atoms with Gasteiger partial charge in [0, 0.05) is 74.8 Å². The maximum Gasteiger partial charge on any atom is 0.328 e. The number of imide groups is 1. The van der Waals surface area contributed by atoms with E-state index < -0.39 is 21.9 Å². The summed E-state index contributed by atoms with van der Waals surface area (Å²) in [4.78, 5) is 58.3. The van der Waals surface area contributed by atoms with Gasteiger partial charge in [-0.1, -0.05) is 0 Å². The average molecular weight is 841 g/mol. The Morgan fingerprint density at radius 2 is 1.77 bits per heavy atom. The number of sulfonamides is 1. The third kappa shape index (κ3) is 8.45. The molecular formula is C41H45FN10O7S. The first kappa shape index (κ1) is 40.6. The number of anilines is 3. The normalized spacial score (nSPS) is 16.6. The molecule has 3 fully saturated rings. The summed E-state index contributed by atoms with van der Waals surface area (Å²) in [6.45, 7) is 4.33. The monoisotopic (exact) mass is 840 g/mol. The van der Waals surface area contributed by atoms with Gasteiger partial charge >= 0.3 is 6.03 Å². The molecule has 3 aliphatic rings. The molecule has 0 spiro atoms. The summed E-state index contributed by atoms with van der Waals surface area (Å²) in [5, 5.41) is 12.5. The van der Waals surface area contributed by atoms with Crippen LogP contribution >= 0.6 is 0 Å². The van der Waals surface area contributed by atoms with Crippen LogP contribution in [0.3, 0.4) is 0 Å². The van der Waals surface area contributed by atoms with Crippen molar-refractivity contribution in [1.29, 1.82) is 0 Å². The third-order valence-corrected chi connectivity index (χ3v) is 12.9. The van der Waals surface area contributed by atoms with Crippen LogP contribution in [-0.4, -0.2) is 108 Å². The van der Waals surface area contributed by atoms with Crippen LogP contribution in [0.4, 0.5) is 26.4 Å². The number of carbonyl (C=O) groups excluding carboxylic acids is 3. The SMILES string of the molecule is COc1ccc(C(=O)NCCCCN2CCN(S(=O)(=O)c3ccc(Nc4nc5ccc(-c6cnn(C7CC7)c6)cn5c(=O)c4C)c(F)c3)CC2)cc1N1CCC(=O)NC1=O. The predicted molar refractivity (Wildman–Crippen MR) is 221 cm³/mol. The predicted octanol–water partition coefficient (Wildman–Crippen LogP) is 4.06. The Bertz CT molecular complexity index is 2660. The number of halogens is 1. The van der Waals surface area contributed by atoms with Gasteiger partial charge in [0.1, 0.15) is 23.0 Å². The van der Waals surface area contributed by atoms with Crippen molar-refractivity contribution in [3.63, 3.8) is 0 Å². The molecule has 60 heavy (non-hydrogen) atoms. The van der Waals surface area contributed by atoms with Crippen LogP contribution in [-0.2, 0) is 14.8 Å². The number of ether oxygens (including phenoxy) is 1. The van der Waals surface area contributed by atoms with Crippen LogP contribution in [0.1, 0.15) is 54.1 Å². The second-order valence-corrected chi connectivity index (χ2v) is 17.0. The van der Waals surface area contributed by atoms with Gasteiger partial charge in [0.25, 0.3) is 11.5 Å². The van der Waals surface area contributed by atoms with Gasteiger partial charge in [-0.2, -0.15) is 9.40 Å². The number of pyridine rings is 1. The van der Waals surface area contributed by atoms with Gasteiger partial charge < -0.3 is 20.3 Å². The molecule has 314 valence electrons. The Morgan fingerprint density at radius 1 is 0.967 bits per heavy atom. The molecule has 0 atom stereocenters. The Hall–Kier alpha value is -6.18. The average Bonchev–Trinajstić information content (AvgIpc) is 3.98. The van der Waals surface area contributed by atoms with Gasteiger partial charge in [0.15, 0.2) is 0 Å². The van der Waals surface area contributed by atoms with Crippen molar-refractivity contribution in [2.45, 2.75) is 50.0 Å². The molecule has 4 amide bonds. The number of carbonyl (C=O) groups is 3. The highest BCUT2D eigenvalue weighted by Crippen LogP contribution is 2.35. The molecule has 3 N–H and O–H groups in total. The number of nitrogens with zero attached hydrogens (tertiary/aromatic N) is 7. The first-order chi connectivity index (χ1) is 28.9. The number of rotatable bonds is 14. The lowest BCUT2D eigenvalue weighted by molar-refractivity contribution is -0.120. The van der Waals surface area contributed by atoms with Crippen molar-refractivity contribution in [3.8, 4) is 16.9 Å². The molecule has 5 heterocycles. The summed E-state index contributed by atoms with van der Waals surface area (Å²) in [5.74, 6) is -0.913. The zero-order valence-electron chi connectivity index (χ0n) is 33.2. The molecule has 3 aromatic heterocycles. The molecule has 2 aromatic carbocycles. The number of amides is 4. The molecule has 8 rings (SSSR count). The molecule has 2 saturated heterocycles. The summed E-state index contributed by atoms with van der Waals surface area (Å²) in [6, 6.07) is 11.9. The summed E-state index contributed by atoms with van der Waals surface area (Å²) >= 11 is 0. The van der Waals surface area contributed by atoms with E-state index >= 15 is 4.39 Å². The molecule has 17 nitrogen and oxygen atoms in total. The molecule has 5 aromatic rings. The zero-order chi connectivity index (χ0) is 42.1. The minimum atomic E-state index is -3.99. The third-order valence-electron chi connectivity index (χ3n) is 11.0. The quantitative estimate of drug-likeness (QED) is 0.137. The van der Waals surface area contributed by atoms with Gasteiger partial charge in [-0.05, 0) is 87.7 Å². The van der Waals surface area contributed by atoms with E-state index in [0.29, 0.717) is 61.3 Å². The van der Waals surface area contributed by atoms with Crippen LogP contribution in [0, 0.1) is 12.7 Å². The fourth-order valence-corrected chi connectivity index (χ4v) is 8.81. The van der Waals surface area contributed by atoms with Crippen molar-refractivity contribution >= 4 is 50.7 Å². The molecule has 1 aliphatic carbocycles. The minimum absolute atomic E-state index is 0.0163. The summed E-state index contributed by atoms with van der Waals surface area (Å²) in [7, 11) is -2.52. The number of hydrogen-bond acceptors (Lipinski definition) is 11. The molecule has 19 heteroatoms. The Balaban J connectivity index is 0.815. The number of nitrogens with one attached hydrogen (secondary N) is 3. The Kier molecular flexibility index (Phi) is 11.4. The van der Waals surface area contributed by atoms with Crippen LogP contribution < -0.4 is 31.1 Å². The van der Waals surface area contributed by atoms with Gasteiger partial charge in [-0.15, -0.1) is 0 Å². The van der Waals surface area contributed by atoms with E-state index in [0.717, 1.165) is 36.5 Å². The van der Waals surface area contributed by atoms with E-state index in [2.05, 4.69) is 30.9 Å². The van der Waals surface area contributed by atoms with Crippen LogP contribution in [0.25, 0.3) is 16.8 Å². The fourth-order valence-electron chi connectivity index (χ4n) is 7.37. The number of methoxy groups -OCH3 is 1. The fraction of sp³-hybridized carbons (Fsp3) is 0.366. The van der Waals surface area contributed by atoms with Crippen LogP contribution in [0.5, 0.6) is 5.75 Å². The first-order valence-electron chi connectivity index (χ1n) is 19.8. The van der Waals surface area contributed by atoms with Crippen molar-refractivity contribution < 1.29 is 31.9 Å². The van der Waals surface area contributed by atoms with Gasteiger partial charge in [-0.3, -0.25) is 33.7 Å². The number of fused-ring (bicyclic) bond motifs is 1. The van der Waals surface area contributed by atoms with Gasteiger partial charge in [-0.25, -0.2) is 22.6 Å². The first-order valence-corrected chi connectivity index (χ1v) is 21.3. The van der Waals surface area contributed by atoms with Crippen molar-refractivity contribution in [2.24, 2.45) is 0 Å². The topological polar surface area (TPSA) is 193 Å². The maximum atomic E-state index is 15.5. The number of unbranched alkanes of at least 4 members (excludes halogenated alkanes) is 1. The second kappa shape index (κ2) is 16.8. The van der Waals surface area contributed by atoms with E-state index in [1.165, 1.54) is 32.8 Å². The summed E-state index contributed by atoms with van der Waals surface area (Å²) in [5.41, 5.74) is 2.74. The highest BCUT2D eigenvalue weighted by atomic mass is 32.2. The van der Waals surface area contributed by atoms with E-state index in [1.54, 1.807) is 43.6 Å². The number of benzene rings is 2. The largest absolute Gasteiger partial charge is 0.495 e. The van der Waals surface area contributed by atoms with Crippen molar-refractivity contribution in [3.05, 3.63) is 94.4 Å². The lowest BCUT2D eigenvalue weighted by Crippen LogP contribution is -2.49. The van der Waals surface area contributed by atoms with Crippen molar-refractivity contribution in [2.75, 3.05) is 63.1 Å². The standard InChI is InChI=1S/C41H45FN10O7S/c1-26-38(46-36-12-6-28(24-51(36)40(26)55)29-23-44-52(25-29)30-7-8-30)45-33-10-9-31(22-32(33)42)60(57,58)49-19-17-48(18-20-49)15-4-3-14-43-39(54)27-5-11-35(59-2)34(21-27)50-16-13-37(53)47-41(50)56/h5-6,9-12,21-25,30,45H,3-4,7-8,13-20H2,1-2H3,(H,43,54)(H,47,53,56). The van der Waals surface area contributed by atoms with E-state index in [-0.39, 0.29) is 65.4 Å². The smallest absolute Gasteiger partial charge is 0.328 e. The summed E-state index contributed by atoms with van der Waals surface area (Å²) in [6.07, 6.45) is 9.25. The lowest BCUT2D eigenvalue weighted by atomic mass is 10.1. The highest BCUT2D eigenvalue weighted by molar-refractivity contribution is 7.89. The lowest BCUT2D eigenvalue weighted by Gasteiger charge is -2.34. The van der Waals surface area contributed by atoms with E-state index in [4.69, 9.17) is 4.74 Å². The van der Waals surface area contributed by atoms with E-state index in [9.17, 15) is 27.6 Å². The Labute approximate surface area is 345 Å². The molecule has 2 aliphatic heterocycles. The summed E-state index contributed by atoms with van der Waals surface area (Å²) < 4.78 is 52.8.